The first kappa shape index (κ1) is 29.7. The summed E-state index contributed by atoms with van der Waals surface area (Å²) in [5.41, 5.74) is 1.47. The monoisotopic (exact) mass is 656 g/mol. The molecule has 6 heteroatoms. The van der Waals surface area contributed by atoms with E-state index in [1.807, 2.05) is 0 Å². The van der Waals surface area contributed by atoms with Crippen LogP contribution < -0.4 is 0 Å². The normalized spacial score (nSPS) is 47.1. The second-order valence-electron chi connectivity index (χ2n) is 18.0. The van der Waals surface area contributed by atoms with Gasteiger partial charge in [0.05, 0.1) is 0 Å². The van der Waals surface area contributed by atoms with Crippen LogP contribution in [0.5, 0.6) is 0 Å². The molecular formula is C35H68Si6. The topological polar surface area (TPSA) is 0 Å². The summed E-state index contributed by atoms with van der Waals surface area (Å²) >= 11 is 0. The van der Waals surface area contributed by atoms with Crippen molar-refractivity contribution in [1.29, 1.82) is 0 Å². The first-order chi connectivity index (χ1) is 20.4. The summed E-state index contributed by atoms with van der Waals surface area (Å²) in [4.78, 5) is 0. The Labute approximate surface area is 266 Å². The molecule has 0 N–H and O–H groups in total. The minimum atomic E-state index is -0.491. The van der Waals surface area contributed by atoms with Gasteiger partial charge in [-0.05, 0) is 92.5 Å². The van der Waals surface area contributed by atoms with Gasteiger partial charge in [-0.1, -0.05) is 160 Å². The molecule has 0 amide bonds. The van der Waals surface area contributed by atoms with Gasteiger partial charge in [0.25, 0.3) is 0 Å². The molecule has 0 nitrogen and oxygen atoms in total. The zero-order valence-corrected chi connectivity index (χ0v) is 35.2. The number of rotatable bonds is 7. The third-order valence-electron chi connectivity index (χ3n) is 16.7. The van der Waals surface area contributed by atoms with E-state index in [-0.39, 0.29) is 7.83 Å². The molecule has 1 saturated heterocycles. The second kappa shape index (κ2) is 13.2. The zero-order chi connectivity index (χ0) is 27.2. The van der Waals surface area contributed by atoms with Gasteiger partial charge in [0.15, 0.2) is 0 Å². The first-order valence-electron chi connectivity index (χ1n) is 20.4. The molecule has 8 aliphatic rings. The fraction of sp³-hybridized carbons (Fsp3) is 1.00. The second-order valence-corrected chi connectivity index (χ2v) is 72.0. The summed E-state index contributed by atoms with van der Waals surface area (Å²) in [6, 6.07) is 0. The van der Waals surface area contributed by atoms with Crippen molar-refractivity contribution < 1.29 is 0 Å². The maximum atomic E-state index is 1.80. The van der Waals surface area contributed by atoms with Crippen LogP contribution in [-0.2, 0) is 0 Å². The molecular weight excluding hydrogens is 589 g/mol. The van der Waals surface area contributed by atoms with E-state index in [1.54, 1.807) is 154 Å². The van der Waals surface area contributed by atoms with Gasteiger partial charge in [0.2, 0.25) is 0 Å². The fourth-order valence-electron chi connectivity index (χ4n) is 15.8. The quantitative estimate of drug-likeness (QED) is 0.293. The Morgan fingerprint density at radius 1 is 0.415 bits per heavy atom. The lowest BCUT2D eigenvalue weighted by atomic mass is 9.65. The third kappa shape index (κ3) is 5.24. The molecule has 7 aliphatic carbocycles. The van der Waals surface area contributed by atoms with Crippen molar-refractivity contribution in [2.75, 3.05) is 0 Å². The molecule has 6 unspecified atom stereocenters. The van der Waals surface area contributed by atoms with E-state index in [1.165, 1.54) is 58.8 Å². The predicted octanol–water partition coefficient (Wildman–Crippen LogP) is 6.06. The summed E-state index contributed by atoms with van der Waals surface area (Å²) in [6.45, 7) is 0. The summed E-state index contributed by atoms with van der Waals surface area (Å²) in [5, 5.41) is 1.10. The van der Waals surface area contributed by atoms with Crippen molar-refractivity contribution in [1.82, 2.24) is 0 Å². The molecule has 0 aromatic rings. The molecule has 1 heterocycles. The van der Waals surface area contributed by atoms with Crippen LogP contribution in [0.15, 0.2) is 0 Å². The van der Waals surface area contributed by atoms with E-state index >= 15 is 0 Å². The first-order valence-corrected chi connectivity index (χ1v) is 42.8. The van der Waals surface area contributed by atoms with Crippen LogP contribution in [0.25, 0.3) is 0 Å². The van der Waals surface area contributed by atoms with Gasteiger partial charge in [-0.25, -0.2) is 0 Å². The minimum absolute atomic E-state index is 0.319. The van der Waals surface area contributed by atoms with Gasteiger partial charge in [0, 0.05) is 15.7 Å². The van der Waals surface area contributed by atoms with Crippen molar-refractivity contribution in [3.63, 3.8) is 0 Å². The van der Waals surface area contributed by atoms with E-state index in [2.05, 4.69) is 0 Å². The number of hydrogen-bond acceptors (Lipinski definition) is 0. The van der Waals surface area contributed by atoms with E-state index in [0.717, 1.165) is 5.04 Å². The van der Waals surface area contributed by atoms with E-state index in [4.69, 9.17) is 0 Å². The van der Waals surface area contributed by atoms with Gasteiger partial charge in [0.1, 0.15) is 0 Å². The highest BCUT2D eigenvalue weighted by Gasteiger charge is 2.71. The maximum Gasteiger partial charge on any atom is 0.0188 e. The summed E-state index contributed by atoms with van der Waals surface area (Å²) < 4.78 is 0. The van der Waals surface area contributed by atoms with Crippen LogP contribution in [0, 0.1) is 53.3 Å². The molecule has 7 saturated carbocycles. The standard InChI is InChI=1S/C35H68Si6/c1-2-14-25(13-1)31-32(26-15-3-4-16-26)34(28-19-7-8-20-28)35(29-21-9-10-22-29,33(31)27-17-5-6-18-27)41-39-37-36-38-40(41)30-23-11-12-24-30/h25-34,40-41H,1-24,36-39H2. The highest BCUT2D eigenvalue weighted by atomic mass is 30.1. The van der Waals surface area contributed by atoms with Crippen molar-refractivity contribution >= 4 is 49.9 Å². The summed E-state index contributed by atoms with van der Waals surface area (Å²) in [5.74, 6) is 11.4. The average Bonchev–Trinajstić information content (AvgIpc) is 3.85. The van der Waals surface area contributed by atoms with E-state index < -0.39 is 7.83 Å². The third-order valence-corrected chi connectivity index (χ3v) is 137. The Hall–Kier alpha value is 1.30. The van der Waals surface area contributed by atoms with Gasteiger partial charge in [-0.3, -0.25) is 0 Å². The van der Waals surface area contributed by atoms with Crippen molar-refractivity contribution in [3.05, 3.63) is 0 Å². The lowest BCUT2D eigenvalue weighted by molar-refractivity contribution is 0.0973. The van der Waals surface area contributed by atoms with Crippen molar-refractivity contribution in [3.8, 4) is 0 Å². The van der Waals surface area contributed by atoms with Crippen LogP contribution in [0.4, 0.5) is 0 Å². The largest absolute Gasteiger partial charge is 0.0536 e. The minimum Gasteiger partial charge on any atom is -0.0536 e. The van der Waals surface area contributed by atoms with Gasteiger partial charge in [-0.15, -0.1) is 0 Å². The molecule has 1 aliphatic heterocycles. The summed E-state index contributed by atoms with van der Waals surface area (Å²) in [7, 11) is 1.39. The van der Waals surface area contributed by atoms with E-state index in [9.17, 15) is 0 Å². The Morgan fingerprint density at radius 2 is 0.805 bits per heavy atom. The Morgan fingerprint density at radius 3 is 1.29 bits per heavy atom. The van der Waals surface area contributed by atoms with Crippen molar-refractivity contribution in [2.24, 2.45) is 53.3 Å². The molecule has 232 valence electrons. The van der Waals surface area contributed by atoms with Crippen molar-refractivity contribution in [2.45, 2.75) is 165 Å². The average molecular weight is 657 g/mol. The molecule has 0 bridgehead atoms. The van der Waals surface area contributed by atoms with Crippen LogP contribution in [-0.4, -0.2) is 49.9 Å². The van der Waals surface area contributed by atoms with Crippen LogP contribution >= 0.6 is 0 Å². The molecule has 0 spiro atoms. The zero-order valence-electron chi connectivity index (χ0n) is 27.2. The smallest absolute Gasteiger partial charge is 0.0188 e. The molecule has 41 heavy (non-hydrogen) atoms. The summed E-state index contributed by atoms with van der Waals surface area (Å²) in [6.07, 6.45) is 40.6. The Balaban J connectivity index is 1.34. The molecule has 0 aromatic heterocycles. The molecule has 0 aromatic carbocycles. The Kier molecular flexibility index (Phi) is 9.55. The van der Waals surface area contributed by atoms with Crippen LogP contribution in [0.3, 0.4) is 0 Å². The molecule has 0 radical (unpaired) electrons. The van der Waals surface area contributed by atoms with Crippen LogP contribution in [0.2, 0.25) is 10.6 Å². The molecule has 8 rings (SSSR count). The molecule has 8 fully saturated rings. The van der Waals surface area contributed by atoms with Gasteiger partial charge >= 0.3 is 0 Å². The fourth-order valence-corrected chi connectivity index (χ4v) is 269. The predicted molar refractivity (Wildman–Crippen MR) is 197 cm³/mol. The van der Waals surface area contributed by atoms with Gasteiger partial charge < -0.3 is 0 Å². The lowest BCUT2D eigenvalue weighted by Crippen LogP contribution is -2.68. The Bertz CT molecular complexity index is 803. The number of hydrogen-bond donors (Lipinski definition) is 0. The highest BCUT2D eigenvalue weighted by molar-refractivity contribution is 7.84. The highest BCUT2D eigenvalue weighted by Crippen LogP contribution is 2.77. The van der Waals surface area contributed by atoms with E-state index in [0.29, 0.717) is 34.2 Å². The molecule has 6 atom stereocenters. The SMILES string of the molecule is C1CCC(C2C(C3CCCC3)C(C3CCCC3)C(C3CCCC3)([SiH]3[SiH2][SiH2][SiH2][SiH2][SiH]3C3CCCC3)C2C2CCCC2)C1. The lowest BCUT2D eigenvalue weighted by Gasteiger charge is -2.58. The van der Waals surface area contributed by atoms with Crippen LogP contribution in [0.1, 0.15) is 154 Å². The maximum absolute atomic E-state index is 1.80. The van der Waals surface area contributed by atoms with Gasteiger partial charge in [-0.2, -0.15) is 0 Å².